The molecule has 0 saturated carbocycles. The number of fused-ring (bicyclic) bond motifs is 3. The van der Waals surface area contributed by atoms with Crippen molar-refractivity contribution in [1.29, 1.82) is 0 Å². The number of rotatable bonds is 3. The summed E-state index contributed by atoms with van der Waals surface area (Å²) in [5.74, 6) is 0. The quantitative estimate of drug-likeness (QED) is 0.207. The molecule has 0 saturated heterocycles. The van der Waals surface area contributed by atoms with Gasteiger partial charge in [0.25, 0.3) is 0 Å². The summed E-state index contributed by atoms with van der Waals surface area (Å²) in [5, 5.41) is 4.26. The largest absolute Gasteiger partial charge is 0.201 e. The summed E-state index contributed by atoms with van der Waals surface area (Å²) in [7, 11) is 0. The van der Waals surface area contributed by atoms with E-state index in [2.05, 4.69) is 180 Å². The minimum Gasteiger partial charge on any atom is -0.201 e. The van der Waals surface area contributed by atoms with Crippen molar-refractivity contribution in [3.8, 4) is 22.3 Å². The van der Waals surface area contributed by atoms with E-state index in [4.69, 9.17) is 0 Å². The molecule has 0 spiro atoms. The van der Waals surface area contributed by atoms with Crippen molar-refractivity contribution < 1.29 is 49.0 Å². The summed E-state index contributed by atoms with van der Waals surface area (Å²) in [4.78, 5) is 0. The Balaban J connectivity index is 0.000000200. The van der Waals surface area contributed by atoms with E-state index in [0.717, 1.165) is 6.42 Å². The van der Waals surface area contributed by atoms with Gasteiger partial charge in [0.15, 0.2) is 0 Å². The molecule has 1 aliphatic rings. The Hall–Kier alpha value is -2.74. The normalized spacial score (nSPS) is 11.3. The molecule has 0 radical (unpaired) electrons. The number of hydrogen-bond donors (Lipinski definition) is 0. The second kappa shape index (κ2) is 17.1. The van der Waals surface area contributed by atoms with Gasteiger partial charge in [-0.1, -0.05) is 92.6 Å². The average molecular weight is 753 g/mol. The minimum absolute atomic E-state index is 0. The van der Waals surface area contributed by atoms with Gasteiger partial charge >= 0.3 is 99.2 Å². The molecule has 0 aliphatic heterocycles. The molecular weight excluding hydrogens is 711 g/mol. The van der Waals surface area contributed by atoms with E-state index in [9.17, 15) is 0 Å². The van der Waals surface area contributed by atoms with Gasteiger partial charge in [-0.2, -0.15) is 41.5 Å². The molecule has 1 aromatic heterocycles. The summed E-state index contributed by atoms with van der Waals surface area (Å²) in [6, 6.07) is 46.7. The van der Waals surface area contributed by atoms with Gasteiger partial charge in [-0.3, -0.25) is 0 Å². The van der Waals surface area contributed by atoms with Crippen molar-refractivity contribution >= 4 is 14.5 Å². The maximum atomic E-state index is 3.53. The van der Waals surface area contributed by atoms with Crippen LogP contribution in [0.25, 0.3) is 22.3 Å². The van der Waals surface area contributed by atoms with Crippen LogP contribution in [0.4, 0.5) is 0 Å². The van der Waals surface area contributed by atoms with Crippen molar-refractivity contribution in [2.24, 2.45) is 0 Å². The Morgan fingerprint density at radius 2 is 1.23 bits per heavy atom. The molecule has 0 nitrogen and oxygen atoms in total. The molecule has 1 aliphatic carbocycles. The average Bonchev–Trinajstić information content (AvgIpc) is 3.82. The predicted molar refractivity (Wildman–Crippen MR) is 192 cm³/mol. The Labute approximate surface area is 313 Å². The first kappa shape index (κ1) is 38.7. The molecule has 240 valence electrons. The Kier molecular flexibility index (Phi) is 14.1. The maximum Gasteiger partial charge on any atom is -0.0501 e. The fourth-order valence-corrected chi connectivity index (χ4v) is 6.84. The first-order valence-electron chi connectivity index (χ1n) is 15.6. The van der Waals surface area contributed by atoms with Gasteiger partial charge in [-0.05, 0) is 17.4 Å². The molecule has 4 heteroatoms. The third kappa shape index (κ3) is 10.1. The zero-order chi connectivity index (χ0) is 32.0. The van der Waals surface area contributed by atoms with Crippen molar-refractivity contribution in [1.82, 2.24) is 0 Å². The summed E-state index contributed by atoms with van der Waals surface area (Å²) in [6.07, 6.45) is 1.03. The van der Waals surface area contributed by atoms with Crippen LogP contribution in [0.15, 0.2) is 132 Å². The predicted octanol–water partition coefficient (Wildman–Crippen LogP) is 5.60. The molecule has 0 fully saturated rings. The van der Waals surface area contributed by atoms with Crippen LogP contribution in [0.1, 0.15) is 74.9 Å². The number of hydrogen-bond acceptors (Lipinski definition) is 1. The van der Waals surface area contributed by atoms with Crippen LogP contribution in [0.5, 0.6) is 0 Å². The Morgan fingerprint density at radius 1 is 0.681 bits per heavy atom. The standard InChI is InChI=1S/C21H25.C13H10.C9H7S.2ClH.Zr/c1-20(2,3)16-9-7-14-11-15-8-10-17(21(4,5)6)13-19(15)18(14)12-16;1-3-7-12(8-4-1)11-13-9-5-2-6-10-13;1-2-4-8(3-1)9-5-6-10-7-9;;;/h7,9-10,12-13H,11H2,1-6H3;1-10H;1-7H;2*1H;/q-1;;-1;;;+2/p-2. The van der Waals surface area contributed by atoms with Gasteiger partial charge < -0.3 is 24.8 Å². The Bertz CT molecular complexity index is 1690. The second-order valence-electron chi connectivity index (χ2n) is 13.6. The van der Waals surface area contributed by atoms with Crippen LogP contribution in [-0.2, 0) is 41.5 Å². The monoisotopic (exact) mass is 750 g/mol. The summed E-state index contributed by atoms with van der Waals surface area (Å²) in [6.45, 7) is 13.6. The Morgan fingerprint density at radius 3 is 1.74 bits per heavy atom. The van der Waals surface area contributed by atoms with Crippen LogP contribution in [-0.4, -0.2) is 3.21 Å². The van der Waals surface area contributed by atoms with Crippen molar-refractivity contribution in [2.75, 3.05) is 0 Å². The van der Waals surface area contributed by atoms with Crippen LogP contribution in [0.3, 0.4) is 0 Å². The molecule has 7 rings (SSSR count). The molecule has 0 unspecified atom stereocenters. The fourth-order valence-electron chi connectivity index (χ4n) is 5.36. The molecular formula is C43H42Cl2SZr-2. The van der Waals surface area contributed by atoms with Crippen molar-refractivity contribution in [3.63, 3.8) is 0 Å². The SMILES string of the molecule is CC(C)(C)c1c[c-]c2c(c1)-c1cc(C(C)(C)C)ccc1C2.[Cl-].[Cl-].[Zr+2]=[C](c1ccccc1)c1ccccc1.c1cc[c-](-c2ccsc2)c1. The number of benzene rings is 4. The van der Waals surface area contributed by atoms with Gasteiger partial charge in [0, 0.05) is 0 Å². The number of thiophene rings is 1. The van der Waals surface area contributed by atoms with E-state index in [1.54, 1.807) is 11.3 Å². The van der Waals surface area contributed by atoms with Crippen LogP contribution in [0.2, 0.25) is 0 Å². The van der Waals surface area contributed by atoms with Crippen LogP contribution in [0, 0.1) is 6.07 Å². The molecule has 6 aromatic rings. The first-order valence-corrected chi connectivity index (χ1v) is 17.8. The second-order valence-corrected chi connectivity index (χ2v) is 15.6. The molecule has 0 N–H and O–H groups in total. The van der Waals surface area contributed by atoms with E-state index >= 15 is 0 Å². The number of halogens is 2. The van der Waals surface area contributed by atoms with Crippen molar-refractivity contribution in [3.05, 3.63) is 172 Å². The molecule has 0 atom stereocenters. The van der Waals surface area contributed by atoms with E-state index < -0.39 is 0 Å². The summed E-state index contributed by atoms with van der Waals surface area (Å²) < 4.78 is 1.42. The van der Waals surface area contributed by atoms with Crippen LogP contribution < -0.4 is 24.8 Å². The molecule has 1 heterocycles. The van der Waals surface area contributed by atoms with Crippen LogP contribution >= 0.6 is 11.3 Å². The van der Waals surface area contributed by atoms with E-state index in [-0.39, 0.29) is 35.6 Å². The van der Waals surface area contributed by atoms with Gasteiger partial charge in [0.05, 0.1) is 0 Å². The fraction of sp³-hybridized carbons (Fsp3) is 0.209. The maximum absolute atomic E-state index is 3.53. The third-order valence-corrected chi connectivity index (χ3v) is 10.3. The van der Waals surface area contributed by atoms with Gasteiger partial charge in [-0.15, -0.1) is 29.3 Å². The van der Waals surface area contributed by atoms with E-state index in [0.29, 0.717) is 0 Å². The van der Waals surface area contributed by atoms with Gasteiger partial charge in [0.1, 0.15) is 0 Å². The minimum atomic E-state index is 0. The van der Waals surface area contributed by atoms with Gasteiger partial charge in [0.2, 0.25) is 0 Å². The summed E-state index contributed by atoms with van der Waals surface area (Å²) >= 11 is 3.20. The topological polar surface area (TPSA) is 0 Å². The molecule has 0 bridgehead atoms. The van der Waals surface area contributed by atoms with Gasteiger partial charge in [-0.25, -0.2) is 11.3 Å². The van der Waals surface area contributed by atoms with E-state index in [1.807, 2.05) is 0 Å². The first-order chi connectivity index (χ1) is 21.5. The molecule has 0 amide bonds. The van der Waals surface area contributed by atoms with Crippen molar-refractivity contribution in [2.45, 2.75) is 58.8 Å². The van der Waals surface area contributed by atoms with E-state index in [1.165, 1.54) is 83.1 Å². The third-order valence-electron chi connectivity index (χ3n) is 8.17. The smallest absolute Gasteiger partial charge is 0.0501 e. The summed E-state index contributed by atoms with van der Waals surface area (Å²) in [5.41, 5.74) is 14.1. The molecule has 47 heavy (non-hydrogen) atoms. The zero-order valence-corrected chi connectivity index (χ0v) is 32.9. The molecule has 5 aromatic carbocycles. The zero-order valence-electron chi connectivity index (χ0n) is 28.1.